The molecule has 0 N–H and O–H groups in total. The Morgan fingerprint density at radius 1 is 0.339 bits per heavy atom. The number of hydrogen-bond acceptors (Lipinski definition) is 6. The monoisotopic (exact) mass is 793 g/mol. The second kappa shape index (κ2) is 43.0. The van der Waals surface area contributed by atoms with E-state index in [1.807, 2.05) is 0 Å². The Hall–Kier alpha value is -1.59. The molecule has 0 aromatic rings. The summed E-state index contributed by atoms with van der Waals surface area (Å²) in [7, 11) is 0. The number of esters is 3. The van der Waals surface area contributed by atoms with Crippen molar-refractivity contribution in [1.29, 1.82) is 0 Å². The highest BCUT2D eigenvalue weighted by molar-refractivity contribution is 5.71. The van der Waals surface area contributed by atoms with Gasteiger partial charge in [0.25, 0.3) is 0 Å². The van der Waals surface area contributed by atoms with E-state index >= 15 is 0 Å². The molecule has 1 atom stereocenters. The summed E-state index contributed by atoms with van der Waals surface area (Å²) in [5.74, 6) is 0.751. The Morgan fingerprint density at radius 3 is 0.875 bits per heavy atom. The highest BCUT2D eigenvalue weighted by Gasteiger charge is 2.19. The molecule has 56 heavy (non-hydrogen) atoms. The highest BCUT2D eigenvalue weighted by Crippen LogP contribution is 2.17. The topological polar surface area (TPSA) is 78.9 Å². The van der Waals surface area contributed by atoms with Crippen LogP contribution >= 0.6 is 0 Å². The Kier molecular flexibility index (Phi) is 41.8. The minimum atomic E-state index is -0.761. The normalized spacial score (nSPS) is 12.1. The van der Waals surface area contributed by atoms with Crippen molar-refractivity contribution in [3.05, 3.63) is 0 Å². The van der Waals surface area contributed by atoms with Crippen molar-refractivity contribution in [2.24, 2.45) is 11.8 Å². The lowest BCUT2D eigenvalue weighted by Crippen LogP contribution is -2.30. The molecule has 0 unspecified atom stereocenters. The van der Waals surface area contributed by atoms with Crippen molar-refractivity contribution < 1.29 is 28.6 Å². The van der Waals surface area contributed by atoms with Crippen LogP contribution in [0.1, 0.15) is 272 Å². The first-order valence-corrected chi connectivity index (χ1v) is 24.7. The van der Waals surface area contributed by atoms with Gasteiger partial charge in [0.05, 0.1) is 0 Å². The van der Waals surface area contributed by atoms with Gasteiger partial charge in [0.2, 0.25) is 0 Å². The van der Waals surface area contributed by atoms with Gasteiger partial charge in [-0.05, 0) is 31.1 Å². The van der Waals surface area contributed by atoms with E-state index in [2.05, 4.69) is 34.6 Å². The minimum absolute atomic E-state index is 0.0648. The molecule has 0 spiro atoms. The SMILES string of the molecule is CCCCCCCCCCCCCCCCCC(=O)O[C@H](COC(=O)CCCCCCCCCCCC(C)C)COC(=O)CCCCCCCCCCC(C)C. The first-order chi connectivity index (χ1) is 27.2. The van der Waals surface area contributed by atoms with E-state index in [0.717, 1.165) is 69.6 Å². The highest BCUT2D eigenvalue weighted by atomic mass is 16.6. The second-order valence-corrected chi connectivity index (χ2v) is 18.1. The van der Waals surface area contributed by atoms with E-state index in [1.54, 1.807) is 0 Å². The molecule has 332 valence electrons. The Labute approximate surface area is 348 Å². The molecule has 6 heteroatoms. The zero-order chi connectivity index (χ0) is 41.2. The molecule has 6 nitrogen and oxygen atoms in total. The summed E-state index contributed by atoms with van der Waals surface area (Å²) in [4.78, 5) is 37.8. The number of carbonyl (C=O) groups excluding carboxylic acids is 3. The maximum Gasteiger partial charge on any atom is 0.306 e. The molecule has 0 saturated heterocycles. The Balaban J connectivity index is 4.32. The molecule has 0 saturated carbocycles. The van der Waals surface area contributed by atoms with Crippen LogP contribution in [0.4, 0.5) is 0 Å². The summed E-state index contributed by atoms with van der Waals surface area (Å²) in [6, 6.07) is 0. The quantitative estimate of drug-likeness (QED) is 0.0347. The molecule has 0 heterocycles. The van der Waals surface area contributed by atoms with Crippen LogP contribution in [0.2, 0.25) is 0 Å². The van der Waals surface area contributed by atoms with Crippen molar-refractivity contribution >= 4 is 17.9 Å². The van der Waals surface area contributed by atoms with Crippen LogP contribution in [0.3, 0.4) is 0 Å². The summed E-state index contributed by atoms with van der Waals surface area (Å²) >= 11 is 0. The van der Waals surface area contributed by atoms with Gasteiger partial charge in [-0.3, -0.25) is 14.4 Å². The van der Waals surface area contributed by atoms with E-state index in [4.69, 9.17) is 14.2 Å². The molecule has 0 radical (unpaired) electrons. The van der Waals surface area contributed by atoms with E-state index in [1.165, 1.54) is 161 Å². The van der Waals surface area contributed by atoms with Crippen LogP contribution in [0, 0.1) is 11.8 Å². The zero-order valence-corrected chi connectivity index (χ0v) is 38.3. The number of carbonyl (C=O) groups is 3. The van der Waals surface area contributed by atoms with Crippen LogP contribution < -0.4 is 0 Å². The largest absolute Gasteiger partial charge is 0.462 e. The van der Waals surface area contributed by atoms with Crippen LogP contribution in [-0.4, -0.2) is 37.2 Å². The molecule has 0 bridgehead atoms. The van der Waals surface area contributed by atoms with E-state index in [-0.39, 0.29) is 31.1 Å². The third-order valence-electron chi connectivity index (χ3n) is 11.2. The maximum absolute atomic E-state index is 12.8. The van der Waals surface area contributed by atoms with Gasteiger partial charge in [-0.2, -0.15) is 0 Å². The van der Waals surface area contributed by atoms with Gasteiger partial charge in [-0.25, -0.2) is 0 Å². The summed E-state index contributed by atoms with van der Waals surface area (Å²) in [6.07, 6.45) is 42.3. The molecular formula is C50H96O6. The minimum Gasteiger partial charge on any atom is -0.462 e. The van der Waals surface area contributed by atoms with Crippen LogP contribution in [0.5, 0.6) is 0 Å². The van der Waals surface area contributed by atoms with E-state index in [9.17, 15) is 14.4 Å². The van der Waals surface area contributed by atoms with Gasteiger partial charge >= 0.3 is 17.9 Å². The lowest BCUT2D eigenvalue weighted by molar-refractivity contribution is -0.167. The molecule has 0 aliphatic heterocycles. The van der Waals surface area contributed by atoms with Gasteiger partial charge < -0.3 is 14.2 Å². The lowest BCUT2D eigenvalue weighted by atomic mass is 10.0. The fourth-order valence-corrected chi connectivity index (χ4v) is 7.46. The standard InChI is InChI=1S/C50H96O6/c1-6-7-8-9-10-11-12-13-14-15-16-19-27-32-37-42-50(53)56-47(44-55-49(52)41-36-31-26-22-21-24-29-34-39-46(4)5)43-54-48(51)40-35-30-25-20-17-18-23-28-33-38-45(2)3/h45-47H,6-44H2,1-5H3/t47-/m1/s1. The summed E-state index contributed by atoms with van der Waals surface area (Å²) in [5, 5.41) is 0. The number of ether oxygens (including phenoxy) is 3. The lowest BCUT2D eigenvalue weighted by Gasteiger charge is -2.18. The van der Waals surface area contributed by atoms with Crippen molar-refractivity contribution in [3.8, 4) is 0 Å². The fraction of sp³-hybridized carbons (Fsp3) is 0.940. The molecular weight excluding hydrogens is 697 g/mol. The molecule has 0 aliphatic carbocycles. The van der Waals surface area contributed by atoms with Crippen LogP contribution in [-0.2, 0) is 28.6 Å². The van der Waals surface area contributed by atoms with E-state index < -0.39 is 6.10 Å². The first-order valence-electron chi connectivity index (χ1n) is 24.7. The summed E-state index contributed by atoms with van der Waals surface area (Å²) < 4.78 is 16.8. The van der Waals surface area contributed by atoms with Crippen molar-refractivity contribution in [1.82, 2.24) is 0 Å². The summed E-state index contributed by atoms with van der Waals surface area (Å²) in [5.41, 5.74) is 0. The third kappa shape index (κ3) is 43.5. The molecule has 0 aromatic carbocycles. The zero-order valence-electron chi connectivity index (χ0n) is 38.3. The molecule has 0 aromatic heterocycles. The Morgan fingerprint density at radius 2 is 0.589 bits per heavy atom. The third-order valence-corrected chi connectivity index (χ3v) is 11.2. The van der Waals surface area contributed by atoms with Crippen LogP contribution in [0.15, 0.2) is 0 Å². The van der Waals surface area contributed by atoms with Gasteiger partial charge in [-0.1, -0.05) is 234 Å². The van der Waals surface area contributed by atoms with Crippen LogP contribution in [0.25, 0.3) is 0 Å². The number of unbranched alkanes of at least 4 members (excludes halogenated alkanes) is 29. The van der Waals surface area contributed by atoms with Crippen molar-refractivity contribution in [2.45, 2.75) is 278 Å². The van der Waals surface area contributed by atoms with Gasteiger partial charge in [0.15, 0.2) is 6.10 Å². The number of rotatable bonds is 44. The smallest absolute Gasteiger partial charge is 0.306 e. The number of hydrogen-bond donors (Lipinski definition) is 0. The summed E-state index contributed by atoms with van der Waals surface area (Å²) in [6.45, 7) is 11.3. The molecule has 0 amide bonds. The van der Waals surface area contributed by atoms with E-state index in [0.29, 0.717) is 19.3 Å². The van der Waals surface area contributed by atoms with Gasteiger partial charge in [0.1, 0.15) is 13.2 Å². The van der Waals surface area contributed by atoms with Crippen molar-refractivity contribution in [2.75, 3.05) is 13.2 Å². The maximum atomic E-state index is 12.8. The van der Waals surface area contributed by atoms with Gasteiger partial charge in [0, 0.05) is 19.3 Å². The van der Waals surface area contributed by atoms with Gasteiger partial charge in [-0.15, -0.1) is 0 Å². The second-order valence-electron chi connectivity index (χ2n) is 18.1. The fourth-order valence-electron chi connectivity index (χ4n) is 7.46. The predicted octanol–water partition coefficient (Wildman–Crippen LogP) is 15.8. The molecule has 0 fully saturated rings. The molecule has 0 aliphatic rings. The first kappa shape index (κ1) is 54.4. The molecule has 0 rings (SSSR count). The average molecular weight is 793 g/mol. The predicted molar refractivity (Wildman–Crippen MR) is 238 cm³/mol. The Bertz CT molecular complexity index is 854. The average Bonchev–Trinajstić information content (AvgIpc) is 3.16. The van der Waals surface area contributed by atoms with Crippen molar-refractivity contribution in [3.63, 3.8) is 0 Å².